The lowest BCUT2D eigenvalue weighted by atomic mass is 9.97. The molecule has 3 heteroatoms. The quantitative estimate of drug-likeness (QED) is 0.686. The first-order chi connectivity index (χ1) is 5.60. The van der Waals surface area contributed by atoms with E-state index < -0.39 is 0 Å². The maximum absolute atomic E-state index is 5.74. The van der Waals surface area contributed by atoms with Crippen molar-refractivity contribution in [2.45, 2.75) is 25.8 Å². The van der Waals surface area contributed by atoms with E-state index in [2.05, 4.69) is 32.1 Å². The predicted molar refractivity (Wildman–Crippen MR) is 58.8 cm³/mol. The molecule has 2 N–H and O–H groups in total. The molecule has 0 aliphatic rings. The van der Waals surface area contributed by atoms with E-state index in [1.807, 2.05) is 11.8 Å². The molecule has 0 bridgehead atoms. The molecule has 0 amide bonds. The Balaban J connectivity index is 3.93. The van der Waals surface area contributed by atoms with E-state index in [0.717, 1.165) is 19.5 Å². The summed E-state index contributed by atoms with van der Waals surface area (Å²) in [5.41, 5.74) is 5.93. The molecule has 0 aliphatic heterocycles. The average Bonchev–Trinajstić information content (AvgIpc) is 2.12. The van der Waals surface area contributed by atoms with Crippen LogP contribution < -0.4 is 5.73 Å². The van der Waals surface area contributed by atoms with Crippen molar-refractivity contribution >= 4 is 11.8 Å². The first-order valence-electron chi connectivity index (χ1n) is 4.51. The second-order valence-corrected chi connectivity index (χ2v) is 4.45. The van der Waals surface area contributed by atoms with E-state index in [9.17, 15) is 0 Å². The van der Waals surface area contributed by atoms with Crippen LogP contribution in [0.15, 0.2) is 0 Å². The molecule has 0 radical (unpaired) electrons. The lowest BCUT2D eigenvalue weighted by molar-refractivity contribution is 0.149. The fourth-order valence-electron chi connectivity index (χ4n) is 1.07. The molecule has 0 saturated carbocycles. The lowest BCUT2D eigenvalue weighted by Crippen LogP contribution is -2.49. The zero-order valence-electron chi connectivity index (χ0n) is 8.76. The van der Waals surface area contributed by atoms with Gasteiger partial charge in [0.2, 0.25) is 0 Å². The van der Waals surface area contributed by atoms with E-state index in [1.54, 1.807) is 0 Å². The fourth-order valence-corrected chi connectivity index (χ4v) is 1.52. The van der Waals surface area contributed by atoms with Crippen LogP contribution in [0.25, 0.3) is 0 Å². The summed E-state index contributed by atoms with van der Waals surface area (Å²) in [6.45, 7) is 6.30. The third-order valence-corrected chi connectivity index (χ3v) is 3.34. The van der Waals surface area contributed by atoms with Gasteiger partial charge in [-0.25, -0.2) is 0 Å². The minimum absolute atomic E-state index is 0.190. The molecule has 74 valence electrons. The third kappa shape index (κ3) is 3.33. The summed E-state index contributed by atoms with van der Waals surface area (Å²) in [5, 5.41) is 0. The van der Waals surface area contributed by atoms with Crippen molar-refractivity contribution in [3.8, 4) is 0 Å². The SMILES string of the molecule is CCC(C)(CN)N(C)CCSC. The van der Waals surface area contributed by atoms with Gasteiger partial charge in [0.05, 0.1) is 0 Å². The third-order valence-electron chi connectivity index (χ3n) is 2.75. The topological polar surface area (TPSA) is 29.3 Å². The number of thioether (sulfide) groups is 1. The van der Waals surface area contributed by atoms with Crippen molar-refractivity contribution in [2.24, 2.45) is 5.73 Å². The Kier molecular flexibility index (Phi) is 5.97. The van der Waals surface area contributed by atoms with Crippen LogP contribution in [0.2, 0.25) is 0 Å². The van der Waals surface area contributed by atoms with Crippen LogP contribution >= 0.6 is 11.8 Å². The molecule has 0 aromatic rings. The maximum Gasteiger partial charge on any atom is 0.0298 e. The van der Waals surface area contributed by atoms with Gasteiger partial charge >= 0.3 is 0 Å². The van der Waals surface area contributed by atoms with Gasteiger partial charge in [0.1, 0.15) is 0 Å². The Hall–Kier alpha value is 0.270. The summed E-state index contributed by atoms with van der Waals surface area (Å²) in [4.78, 5) is 2.36. The molecule has 0 aromatic heterocycles. The number of likely N-dealkylation sites (N-methyl/N-ethyl adjacent to an activating group) is 1. The van der Waals surface area contributed by atoms with Crippen molar-refractivity contribution < 1.29 is 0 Å². The van der Waals surface area contributed by atoms with Crippen molar-refractivity contribution in [1.29, 1.82) is 0 Å². The van der Waals surface area contributed by atoms with Crippen LogP contribution in [0, 0.1) is 0 Å². The highest BCUT2D eigenvalue weighted by atomic mass is 32.2. The molecule has 0 heterocycles. The van der Waals surface area contributed by atoms with Crippen LogP contribution in [0.5, 0.6) is 0 Å². The van der Waals surface area contributed by atoms with Crippen LogP contribution in [0.1, 0.15) is 20.3 Å². The van der Waals surface area contributed by atoms with Gasteiger partial charge in [0.15, 0.2) is 0 Å². The van der Waals surface area contributed by atoms with Gasteiger partial charge in [-0.05, 0) is 26.6 Å². The average molecular weight is 190 g/mol. The maximum atomic E-state index is 5.74. The number of nitrogens with two attached hydrogens (primary N) is 1. The van der Waals surface area contributed by atoms with Crippen LogP contribution in [0.4, 0.5) is 0 Å². The summed E-state index contributed by atoms with van der Waals surface area (Å²) >= 11 is 1.88. The summed E-state index contributed by atoms with van der Waals surface area (Å²) in [7, 11) is 2.16. The summed E-state index contributed by atoms with van der Waals surface area (Å²) in [6, 6.07) is 0. The summed E-state index contributed by atoms with van der Waals surface area (Å²) < 4.78 is 0. The Labute approximate surface area is 80.9 Å². The summed E-state index contributed by atoms with van der Waals surface area (Å²) in [6.07, 6.45) is 3.26. The van der Waals surface area contributed by atoms with Gasteiger partial charge in [-0.3, -0.25) is 4.90 Å². The van der Waals surface area contributed by atoms with E-state index >= 15 is 0 Å². The zero-order chi connectivity index (χ0) is 9.61. The van der Waals surface area contributed by atoms with Crippen molar-refractivity contribution in [3.05, 3.63) is 0 Å². The molecular formula is C9H22N2S. The number of rotatable bonds is 6. The molecule has 0 aliphatic carbocycles. The molecule has 2 nitrogen and oxygen atoms in total. The highest BCUT2D eigenvalue weighted by Crippen LogP contribution is 2.15. The van der Waals surface area contributed by atoms with Gasteiger partial charge in [0.25, 0.3) is 0 Å². The van der Waals surface area contributed by atoms with Crippen LogP contribution in [0.3, 0.4) is 0 Å². The van der Waals surface area contributed by atoms with Crippen LogP contribution in [-0.2, 0) is 0 Å². The molecule has 1 unspecified atom stereocenters. The normalized spacial score (nSPS) is 16.5. The van der Waals surface area contributed by atoms with Gasteiger partial charge in [0, 0.05) is 24.4 Å². The smallest absolute Gasteiger partial charge is 0.0298 e. The van der Waals surface area contributed by atoms with Crippen molar-refractivity contribution in [3.63, 3.8) is 0 Å². The molecule has 12 heavy (non-hydrogen) atoms. The Morgan fingerprint density at radius 1 is 1.50 bits per heavy atom. The lowest BCUT2D eigenvalue weighted by Gasteiger charge is -2.37. The molecular weight excluding hydrogens is 168 g/mol. The number of hydrogen-bond donors (Lipinski definition) is 1. The minimum atomic E-state index is 0.190. The van der Waals surface area contributed by atoms with E-state index in [-0.39, 0.29) is 5.54 Å². The number of hydrogen-bond acceptors (Lipinski definition) is 3. The van der Waals surface area contributed by atoms with Gasteiger partial charge < -0.3 is 5.73 Å². The minimum Gasteiger partial charge on any atom is -0.329 e. The molecule has 0 fully saturated rings. The monoisotopic (exact) mass is 190 g/mol. The van der Waals surface area contributed by atoms with Crippen molar-refractivity contribution in [2.75, 3.05) is 32.1 Å². The largest absolute Gasteiger partial charge is 0.329 e. The highest BCUT2D eigenvalue weighted by Gasteiger charge is 2.24. The Morgan fingerprint density at radius 3 is 2.42 bits per heavy atom. The summed E-state index contributed by atoms with van der Waals surface area (Å²) in [5.74, 6) is 1.19. The fraction of sp³-hybridized carbons (Fsp3) is 1.00. The number of nitrogens with zero attached hydrogens (tertiary/aromatic N) is 1. The second-order valence-electron chi connectivity index (χ2n) is 3.47. The van der Waals surface area contributed by atoms with Crippen LogP contribution in [-0.4, -0.2) is 42.6 Å². The molecule has 0 spiro atoms. The van der Waals surface area contributed by atoms with Gasteiger partial charge in [-0.1, -0.05) is 6.92 Å². The molecule has 1 atom stereocenters. The van der Waals surface area contributed by atoms with E-state index in [1.165, 1.54) is 5.75 Å². The first-order valence-corrected chi connectivity index (χ1v) is 5.90. The van der Waals surface area contributed by atoms with Gasteiger partial charge in [-0.2, -0.15) is 11.8 Å². The van der Waals surface area contributed by atoms with Gasteiger partial charge in [-0.15, -0.1) is 0 Å². The standard InChI is InChI=1S/C9H22N2S/c1-5-9(2,8-10)11(3)6-7-12-4/h5-8,10H2,1-4H3. The first kappa shape index (κ1) is 12.3. The van der Waals surface area contributed by atoms with E-state index in [0.29, 0.717) is 0 Å². The highest BCUT2D eigenvalue weighted by molar-refractivity contribution is 7.98. The second kappa shape index (κ2) is 5.84. The Morgan fingerprint density at radius 2 is 2.08 bits per heavy atom. The molecule has 0 aromatic carbocycles. The zero-order valence-corrected chi connectivity index (χ0v) is 9.58. The molecule has 0 rings (SSSR count). The predicted octanol–water partition coefficient (Wildman–Crippen LogP) is 1.41. The Bertz CT molecular complexity index is 113. The molecule has 0 saturated heterocycles. The van der Waals surface area contributed by atoms with Crippen molar-refractivity contribution in [1.82, 2.24) is 4.90 Å². The van der Waals surface area contributed by atoms with E-state index in [4.69, 9.17) is 5.73 Å².